The monoisotopic (exact) mass is 240 g/mol. The molecular formula is C11H16N2O2S. The van der Waals surface area contributed by atoms with Gasteiger partial charge in [-0.05, 0) is 20.8 Å². The molecule has 0 aliphatic carbocycles. The van der Waals surface area contributed by atoms with E-state index in [1.807, 2.05) is 0 Å². The lowest BCUT2D eigenvalue weighted by atomic mass is 10.1. The van der Waals surface area contributed by atoms with Crippen molar-refractivity contribution < 1.29 is 5.11 Å². The van der Waals surface area contributed by atoms with E-state index < -0.39 is 0 Å². The Morgan fingerprint density at radius 1 is 1.56 bits per heavy atom. The summed E-state index contributed by atoms with van der Waals surface area (Å²) in [7, 11) is -0.0389. The zero-order chi connectivity index (χ0) is 12.1. The van der Waals surface area contributed by atoms with Gasteiger partial charge in [-0.3, -0.25) is 9.36 Å². The molecule has 0 saturated carbocycles. The van der Waals surface area contributed by atoms with Crippen LogP contribution in [-0.4, -0.2) is 26.3 Å². The molecule has 0 radical (unpaired) electrons. The molecule has 0 fully saturated rings. The van der Waals surface area contributed by atoms with Crippen molar-refractivity contribution in [2.24, 2.45) is 0 Å². The van der Waals surface area contributed by atoms with E-state index >= 15 is 0 Å². The zero-order valence-electron chi connectivity index (χ0n) is 9.78. The predicted octanol–water partition coefficient (Wildman–Crippen LogP) is 1.21. The van der Waals surface area contributed by atoms with Crippen molar-refractivity contribution in [1.82, 2.24) is 9.55 Å². The molecule has 16 heavy (non-hydrogen) atoms. The molecule has 88 valence electrons. The highest BCUT2D eigenvalue weighted by Gasteiger charge is 2.33. The number of fused-ring (bicyclic) bond motifs is 1. The third-order valence-corrected chi connectivity index (χ3v) is 5.44. The van der Waals surface area contributed by atoms with E-state index in [0.29, 0.717) is 12.2 Å². The lowest BCUT2D eigenvalue weighted by Crippen LogP contribution is -2.37. The van der Waals surface area contributed by atoms with E-state index in [1.54, 1.807) is 11.5 Å². The van der Waals surface area contributed by atoms with Crippen LogP contribution in [0.5, 0.6) is 5.75 Å². The van der Waals surface area contributed by atoms with Gasteiger partial charge < -0.3 is 5.11 Å². The van der Waals surface area contributed by atoms with Crippen LogP contribution >= 0.6 is 10.5 Å². The summed E-state index contributed by atoms with van der Waals surface area (Å²) in [6, 6.07) is 0. The summed E-state index contributed by atoms with van der Waals surface area (Å²) in [5.74, 6) is 5.52. The number of rotatable bonds is 0. The number of hydrogen-bond acceptors (Lipinski definition) is 3. The fourth-order valence-electron chi connectivity index (χ4n) is 1.90. The van der Waals surface area contributed by atoms with Gasteiger partial charge in [0.05, 0.1) is 10.4 Å². The van der Waals surface area contributed by atoms with Crippen molar-refractivity contribution in [3.63, 3.8) is 0 Å². The van der Waals surface area contributed by atoms with Crippen molar-refractivity contribution in [3.05, 3.63) is 21.9 Å². The Kier molecular flexibility index (Phi) is 2.45. The summed E-state index contributed by atoms with van der Waals surface area (Å²) in [4.78, 5) is 16.2. The Hall–Kier alpha value is -1.10. The highest BCUT2D eigenvalue weighted by atomic mass is 32.2. The maximum Gasteiger partial charge on any atom is 0.296 e. The lowest BCUT2D eigenvalue weighted by Gasteiger charge is -2.35. The first-order valence-electron chi connectivity index (χ1n) is 5.17. The summed E-state index contributed by atoms with van der Waals surface area (Å²) < 4.78 is 1.38. The quantitative estimate of drug-likeness (QED) is 0.693. The van der Waals surface area contributed by atoms with Crippen LogP contribution in [-0.2, 0) is 11.3 Å². The average molecular weight is 240 g/mol. The van der Waals surface area contributed by atoms with Gasteiger partial charge >= 0.3 is 0 Å². The van der Waals surface area contributed by atoms with Crippen molar-refractivity contribution in [2.45, 2.75) is 32.1 Å². The van der Waals surface area contributed by atoms with Crippen LogP contribution < -0.4 is 5.56 Å². The van der Waals surface area contributed by atoms with E-state index in [0.717, 1.165) is 11.6 Å². The Morgan fingerprint density at radius 2 is 2.19 bits per heavy atom. The second kappa shape index (κ2) is 3.45. The summed E-state index contributed by atoms with van der Waals surface area (Å²) in [5, 5.41) is 9.59. The van der Waals surface area contributed by atoms with E-state index in [2.05, 4.69) is 24.7 Å². The van der Waals surface area contributed by atoms with Crippen molar-refractivity contribution in [1.29, 1.82) is 0 Å². The molecule has 1 aromatic heterocycles. The van der Waals surface area contributed by atoms with Gasteiger partial charge in [0, 0.05) is 12.3 Å². The van der Waals surface area contributed by atoms with Crippen molar-refractivity contribution in [3.8, 4) is 5.75 Å². The highest BCUT2D eigenvalue weighted by Crippen LogP contribution is 2.42. The number of aromatic hydroxyl groups is 1. The summed E-state index contributed by atoms with van der Waals surface area (Å²) in [6.45, 7) is 6.36. The number of aryl methyl sites for hydroxylation is 1. The third-order valence-electron chi connectivity index (χ3n) is 3.14. The summed E-state index contributed by atoms with van der Waals surface area (Å²) in [5.41, 5.74) is 0.0792. The van der Waals surface area contributed by atoms with Crippen molar-refractivity contribution >= 4 is 16.4 Å². The van der Waals surface area contributed by atoms with E-state index in [4.69, 9.17) is 0 Å². The van der Waals surface area contributed by atoms with Crippen LogP contribution in [0.15, 0.2) is 4.79 Å². The zero-order valence-corrected chi connectivity index (χ0v) is 10.6. The number of nitrogens with zero attached hydrogens (tertiary/aromatic N) is 2. The van der Waals surface area contributed by atoms with Crippen LogP contribution in [0.25, 0.3) is 0 Å². The van der Waals surface area contributed by atoms with Crippen molar-refractivity contribution in [2.75, 3.05) is 5.75 Å². The van der Waals surface area contributed by atoms with Gasteiger partial charge in [0.25, 0.3) is 5.56 Å². The molecule has 2 heterocycles. The first-order chi connectivity index (χ1) is 7.35. The molecule has 1 aliphatic rings. The Morgan fingerprint density at radius 3 is 2.81 bits per heavy atom. The molecule has 0 spiro atoms. The minimum Gasteiger partial charge on any atom is -0.502 e. The number of hydrogen-bond donors (Lipinski definition) is 1. The fourth-order valence-corrected chi connectivity index (χ4v) is 3.23. The molecule has 1 aliphatic heterocycles. The largest absolute Gasteiger partial charge is 0.502 e. The van der Waals surface area contributed by atoms with Crippen LogP contribution in [0.3, 0.4) is 0 Å². The second-order valence-electron chi connectivity index (χ2n) is 4.53. The Balaban J connectivity index is 2.79. The third kappa shape index (κ3) is 1.42. The molecule has 1 aromatic rings. The van der Waals surface area contributed by atoms with Gasteiger partial charge in [-0.2, -0.15) is 10.5 Å². The lowest BCUT2D eigenvalue weighted by molar-refractivity contribution is 0.436. The molecule has 0 amide bonds. The molecule has 2 rings (SSSR count). The SMILES string of the molecule is C=S1CCn2c(nc(C)c(O)c2=O)C1(C)C. The van der Waals surface area contributed by atoms with E-state index in [9.17, 15) is 9.90 Å². The van der Waals surface area contributed by atoms with Gasteiger partial charge in [0.15, 0.2) is 0 Å². The molecule has 1 N–H and O–H groups in total. The topological polar surface area (TPSA) is 55.1 Å². The Labute approximate surface area is 96.9 Å². The smallest absolute Gasteiger partial charge is 0.296 e. The normalized spacial score (nSPS) is 22.8. The molecule has 4 nitrogen and oxygen atoms in total. The van der Waals surface area contributed by atoms with E-state index in [1.165, 1.54) is 0 Å². The molecule has 5 heteroatoms. The standard InChI is InChI=1S/C11H16N2O2S/c1-7-8(14)9(15)13-5-6-16(4)11(2,3)10(13)12-7/h14H,4-6H2,1-3H3. The predicted molar refractivity (Wildman–Crippen MR) is 67.5 cm³/mol. The summed E-state index contributed by atoms with van der Waals surface area (Å²) in [6.07, 6.45) is 0. The van der Waals surface area contributed by atoms with Crippen LogP contribution in [0.2, 0.25) is 0 Å². The maximum atomic E-state index is 11.9. The molecule has 1 unspecified atom stereocenters. The number of aromatic nitrogens is 2. The van der Waals surface area contributed by atoms with Gasteiger partial charge in [-0.1, -0.05) is 5.87 Å². The molecular weight excluding hydrogens is 224 g/mol. The maximum absolute atomic E-state index is 11.9. The van der Waals surface area contributed by atoms with Gasteiger partial charge in [0.1, 0.15) is 5.82 Å². The fraction of sp³-hybridized carbons (Fsp3) is 0.545. The highest BCUT2D eigenvalue weighted by molar-refractivity contribution is 8.14. The first kappa shape index (κ1) is 11.4. The molecule has 0 aromatic carbocycles. The molecule has 0 saturated heterocycles. The van der Waals surface area contributed by atoms with Crippen LogP contribution in [0, 0.1) is 6.92 Å². The van der Waals surface area contributed by atoms with Crippen LogP contribution in [0.4, 0.5) is 0 Å². The Bertz CT molecular complexity index is 532. The molecule has 1 atom stereocenters. The minimum absolute atomic E-state index is 0.0389. The molecule has 0 bridgehead atoms. The van der Waals surface area contributed by atoms with E-state index in [-0.39, 0.29) is 26.5 Å². The first-order valence-corrected chi connectivity index (χ1v) is 6.73. The van der Waals surface area contributed by atoms with Crippen LogP contribution in [0.1, 0.15) is 25.4 Å². The van der Waals surface area contributed by atoms with Gasteiger partial charge in [-0.15, -0.1) is 0 Å². The average Bonchev–Trinajstić information content (AvgIpc) is 2.22. The summed E-state index contributed by atoms with van der Waals surface area (Å²) >= 11 is 0. The van der Waals surface area contributed by atoms with Gasteiger partial charge in [0.2, 0.25) is 5.75 Å². The second-order valence-corrected chi connectivity index (χ2v) is 6.95. The minimum atomic E-state index is -0.327. The van der Waals surface area contributed by atoms with Gasteiger partial charge in [-0.25, -0.2) is 4.98 Å².